The minimum Gasteiger partial charge on any atom is -0.459 e. The van der Waals surface area contributed by atoms with Gasteiger partial charge in [-0.15, -0.1) is 0 Å². The lowest BCUT2D eigenvalue weighted by atomic mass is 9.52. The molecule has 6 rings (SSSR count). The topological polar surface area (TPSA) is 77.6 Å². The van der Waals surface area contributed by atoms with Crippen molar-refractivity contribution in [3.8, 4) is 0 Å². The van der Waals surface area contributed by atoms with Gasteiger partial charge in [0.1, 0.15) is 24.4 Å². The molecule has 2 heterocycles. The SMILES string of the molecule is CC(=O)OC1CCC2CCC3C(CCC4CCC5OC453)C2C1OC(=O)OCCN1CCCC1. The van der Waals surface area contributed by atoms with Gasteiger partial charge >= 0.3 is 12.1 Å². The third-order valence-corrected chi connectivity index (χ3v) is 9.98. The predicted molar refractivity (Wildman–Crippen MR) is 119 cm³/mol. The maximum absolute atomic E-state index is 12.8. The van der Waals surface area contributed by atoms with Crippen LogP contribution in [0.1, 0.15) is 71.1 Å². The molecule has 6 fully saturated rings. The summed E-state index contributed by atoms with van der Waals surface area (Å²) in [7, 11) is 0. The molecule has 6 aliphatic rings. The molecule has 2 saturated heterocycles. The van der Waals surface area contributed by atoms with Crippen LogP contribution in [0.15, 0.2) is 0 Å². The molecule has 0 radical (unpaired) electrons. The van der Waals surface area contributed by atoms with E-state index in [0.29, 0.717) is 36.4 Å². The Balaban J connectivity index is 1.17. The molecule has 7 nitrogen and oxygen atoms in total. The fraction of sp³-hybridized carbons (Fsp3) is 0.923. The zero-order chi connectivity index (χ0) is 22.6. The monoisotopic (exact) mass is 461 g/mol. The third-order valence-electron chi connectivity index (χ3n) is 9.98. The maximum atomic E-state index is 12.8. The average Bonchev–Trinajstić information content (AvgIpc) is 3.12. The Labute approximate surface area is 196 Å². The molecule has 7 heteroatoms. The van der Waals surface area contributed by atoms with Crippen molar-refractivity contribution in [2.75, 3.05) is 26.2 Å². The van der Waals surface area contributed by atoms with Gasteiger partial charge in [-0.3, -0.25) is 9.69 Å². The van der Waals surface area contributed by atoms with E-state index < -0.39 is 12.3 Å². The van der Waals surface area contributed by atoms with E-state index in [0.717, 1.165) is 38.9 Å². The van der Waals surface area contributed by atoms with Gasteiger partial charge in [0.05, 0.1) is 6.10 Å². The van der Waals surface area contributed by atoms with Crippen LogP contribution in [0.3, 0.4) is 0 Å². The maximum Gasteiger partial charge on any atom is 0.508 e. The summed E-state index contributed by atoms with van der Waals surface area (Å²) in [6.07, 6.45) is 10.6. The number of nitrogens with zero attached hydrogens (tertiary/aromatic N) is 1. The quantitative estimate of drug-likeness (QED) is 0.453. The van der Waals surface area contributed by atoms with Gasteiger partial charge in [-0.2, -0.15) is 0 Å². The second-order valence-electron chi connectivity index (χ2n) is 11.5. The van der Waals surface area contributed by atoms with Gasteiger partial charge in [-0.05, 0) is 101 Å². The highest BCUT2D eigenvalue weighted by atomic mass is 16.7. The average molecular weight is 462 g/mol. The number of hydrogen-bond acceptors (Lipinski definition) is 7. The van der Waals surface area contributed by atoms with E-state index in [1.165, 1.54) is 51.9 Å². The summed E-state index contributed by atoms with van der Waals surface area (Å²) >= 11 is 0. The minimum atomic E-state index is -0.604. The van der Waals surface area contributed by atoms with Crippen LogP contribution >= 0.6 is 0 Å². The Morgan fingerprint density at radius 2 is 1.76 bits per heavy atom. The summed E-state index contributed by atoms with van der Waals surface area (Å²) in [6, 6.07) is 0. The first-order chi connectivity index (χ1) is 16.1. The number of epoxide rings is 1. The van der Waals surface area contributed by atoms with Crippen LogP contribution in [0.2, 0.25) is 0 Å². The highest BCUT2D eigenvalue weighted by molar-refractivity contribution is 5.66. The Kier molecular flexibility index (Phi) is 5.84. The molecule has 9 atom stereocenters. The molecular weight excluding hydrogens is 422 g/mol. The minimum absolute atomic E-state index is 0.100. The fourth-order valence-corrected chi connectivity index (χ4v) is 8.74. The number of carbonyl (C=O) groups excluding carboxylic acids is 2. The van der Waals surface area contributed by atoms with Crippen LogP contribution in [0.4, 0.5) is 4.79 Å². The highest BCUT2D eigenvalue weighted by Gasteiger charge is 2.72. The van der Waals surface area contributed by atoms with Crippen molar-refractivity contribution >= 4 is 12.1 Å². The van der Waals surface area contributed by atoms with Crippen molar-refractivity contribution in [1.29, 1.82) is 0 Å². The molecule has 2 aliphatic heterocycles. The van der Waals surface area contributed by atoms with Crippen molar-refractivity contribution in [1.82, 2.24) is 4.90 Å². The highest BCUT2D eigenvalue weighted by Crippen LogP contribution is 2.68. The van der Waals surface area contributed by atoms with Crippen LogP contribution in [-0.4, -0.2) is 67.2 Å². The zero-order valence-corrected chi connectivity index (χ0v) is 19.9. The lowest BCUT2D eigenvalue weighted by Gasteiger charge is -2.54. The molecule has 0 amide bonds. The molecule has 0 aromatic carbocycles. The summed E-state index contributed by atoms with van der Waals surface area (Å²) in [4.78, 5) is 27.0. The lowest BCUT2D eigenvalue weighted by Crippen LogP contribution is -2.57. The molecule has 4 aliphatic carbocycles. The zero-order valence-electron chi connectivity index (χ0n) is 19.9. The molecule has 0 bridgehead atoms. The Morgan fingerprint density at radius 1 is 0.970 bits per heavy atom. The number of rotatable bonds is 5. The first-order valence-electron chi connectivity index (χ1n) is 13.5. The first kappa shape index (κ1) is 22.1. The van der Waals surface area contributed by atoms with Gasteiger partial charge in [0.15, 0.2) is 0 Å². The van der Waals surface area contributed by atoms with E-state index in [4.69, 9.17) is 18.9 Å². The summed E-state index contributed by atoms with van der Waals surface area (Å²) in [5.41, 5.74) is 0.100. The number of likely N-dealkylation sites (tertiary alicyclic amines) is 1. The molecule has 4 saturated carbocycles. The second-order valence-corrected chi connectivity index (χ2v) is 11.5. The van der Waals surface area contributed by atoms with E-state index in [1.54, 1.807) is 0 Å². The van der Waals surface area contributed by atoms with Gasteiger partial charge in [0, 0.05) is 19.4 Å². The van der Waals surface area contributed by atoms with E-state index in [9.17, 15) is 9.59 Å². The largest absolute Gasteiger partial charge is 0.508 e. The van der Waals surface area contributed by atoms with Gasteiger partial charge in [0.25, 0.3) is 0 Å². The molecule has 0 N–H and O–H groups in total. The lowest BCUT2D eigenvalue weighted by molar-refractivity contribution is -0.177. The summed E-state index contributed by atoms with van der Waals surface area (Å²) in [5.74, 6) is 2.19. The third kappa shape index (κ3) is 3.87. The number of hydrogen-bond donors (Lipinski definition) is 0. The summed E-state index contributed by atoms with van der Waals surface area (Å²) < 4.78 is 23.7. The molecule has 1 spiro atoms. The first-order valence-corrected chi connectivity index (χ1v) is 13.5. The molecule has 9 unspecified atom stereocenters. The molecule has 0 aromatic rings. The van der Waals surface area contributed by atoms with Crippen LogP contribution in [0, 0.1) is 29.6 Å². The Morgan fingerprint density at radius 3 is 2.55 bits per heavy atom. The molecule has 33 heavy (non-hydrogen) atoms. The second kappa shape index (κ2) is 8.71. The summed E-state index contributed by atoms with van der Waals surface area (Å²) in [6.45, 7) is 4.71. The Hall–Kier alpha value is -1.34. The van der Waals surface area contributed by atoms with Crippen molar-refractivity contribution in [2.45, 2.75) is 95.0 Å². The number of fused-ring (bicyclic) bond motifs is 3. The fourth-order valence-electron chi connectivity index (χ4n) is 8.74. The van der Waals surface area contributed by atoms with Crippen LogP contribution in [0.25, 0.3) is 0 Å². The van der Waals surface area contributed by atoms with E-state index in [2.05, 4.69) is 4.90 Å². The van der Waals surface area contributed by atoms with Gasteiger partial charge in [-0.1, -0.05) is 0 Å². The number of carbonyl (C=O) groups is 2. The Bertz CT molecular complexity index is 768. The summed E-state index contributed by atoms with van der Waals surface area (Å²) in [5, 5.41) is 0. The standard InChI is InChI=1S/C26H39NO6/c1-16(28)31-21-10-5-17-4-9-20-19(8-6-18-7-11-22-26(18,20)33-22)23(17)24(21)32-25(29)30-15-14-27-12-2-3-13-27/h17-24H,2-15H2,1H3. The van der Waals surface area contributed by atoms with E-state index in [-0.39, 0.29) is 23.6 Å². The van der Waals surface area contributed by atoms with E-state index >= 15 is 0 Å². The number of esters is 1. The van der Waals surface area contributed by atoms with Gasteiger partial charge in [-0.25, -0.2) is 4.79 Å². The predicted octanol–water partition coefficient (Wildman–Crippen LogP) is 3.93. The number of ether oxygens (including phenoxy) is 4. The van der Waals surface area contributed by atoms with Gasteiger partial charge < -0.3 is 18.9 Å². The van der Waals surface area contributed by atoms with Crippen LogP contribution < -0.4 is 0 Å². The smallest absolute Gasteiger partial charge is 0.459 e. The van der Waals surface area contributed by atoms with E-state index in [1.807, 2.05) is 0 Å². The van der Waals surface area contributed by atoms with Crippen molar-refractivity contribution in [2.24, 2.45) is 29.6 Å². The van der Waals surface area contributed by atoms with Crippen molar-refractivity contribution in [3.63, 3.8) is 0 Å². The molecular formula is C26H39NO6. The van der Waals surface area contributed by atoms with Crippen LogP contribution in [-0.2, 0) is 23.7 Å². The van der Waals surface area contributed by atoms with Gasteiger partial charge in [0.2, 0.25) is 0 Å². The van der Waals surface area contributed by atoms with Crippen molar-refractivity contribution in [3.05, 3.63) is 0 Å². The van der Waals surface area contributed by atoms with Crippen LogP contribution in [0.5, 0.6) is 0 Å². The van der Waals surface area contributed by atoms with Crippen molar-refractivity contribution < 1.29 is 28.5 Å². The molecule has 184 valence electrons. The normalized spacial score (nSPS) is 45.8. The molecule has 0 aromatic heterocycles.